The van der Waals surface area contributed by atoms with Gasteiger partial charge in [0.15, 0.2) is 6.61 Å². The van der Waals surface area contributed by atoms with Gasteiger partial charge in [0.1, 0.15) is 5.75 Å². The molecule has 0 unspecified atom stereocenters. The summed E-state index contributed by atoms with van der Waals surface area (Å²) in [5.41, 5.74) is 3.39. The molecule has 0 saturated carbocycles. The lowest BCUT2D eigenvalue weighted by molar-refractivity contribution is -0.123. The molecule has 0 aliphatic carbocycles. The summed E-state index contributed by atoms with van der Waals surface area (Å²) in [7, 11) is 0. The molecule has 2 rings (SSSR count). The number of hydrazone groups is 1. The molecule has 0 atom stereocenters. The molecule has 1 heterocycles. The Bertz CT molecular complexity index is 626. The number of carbonyl (C=O) groups excluding carboxylic acids is 1. The van der Waals surface area contributed by atoms with E-state index in [-0.39, 0.29) is 12.5 Å². The number of nitrogens with zero attached hydrogens (tertiary/aromatic N) is 1. The predicted octanol–water partition coefficient (Wildman–Crippen LogP) is 3.82. The quantitative estimate of drug-likeness (QED) is 0.623. The number of rotatable bonds is 6. The van der Waals surface area contributed by atoms with Gasteiger partial charge < -0.3 is 4.74 Å². The maximum atomic E-state index is 11.7. The second kappa shape index (κ2) is 7.95. The van der Waals surface area contributed by atoms with Gasteiger partial charge in [0.2, 0.25) is 0 Å². The van der Waals surface area contributed by atoms with Gasteiger partial charge >= 0.3 is 0 Å². The fourth-order valence-electron chi connectivity index (χ4n) is 1.62. The molecule has 0 saturated heterocycles. The summed E-state index contributed by atoms with van der Waals surface area (Å²) < 4.78 is 6.30. The number of hydrogen-bond donors (Lipinski definition) is 1. The molecule has 1 aromatic heterocycles. The summed E-state index contributed by atoms with van der Waals surface area (Å²) in [6.45, 7) is 1.93. The number of amides is 1. The Hall–Kier alpha value is -1.66. The Labute approximate surface area is 136 Å². The minimum atomic E-state index is -0.280. The van der Waals surface area contributed by atoms with Crippen molar-refractivity contribution in [2.45, 2.75) is 13.3 Å². The van der Waals surface area contributed by atoms with Gasteiger partial charge in [0.25, 0.3) is 5.91 Å². The molecule has 0 bridgehead atoms. The third-order valence-corrected chi connectivity index (χ3v) is 4.03. The summed E-state index contributed by atoms with van der Waals surface area (Å²) in [5.74, 6) is 0.356. The monoisotopic (exact) mass is 366 g/mol. The van der Waals surface area contributed by atoms with Gasteiger partial charge in [-0.15, -0.1) is 11.3 Å². The summed E-state index contributed by atoms with van der Waals surface area (Å²) in [4.78, 5) is 12.8. The maximum Gasteiger partial charge on any atom is 0.277 e. The standard InChI is InChI=1S/C15H15BrN2O2S/c1-2-13(14-7-4-8-21-14)17-18-15(19)10-20-12-6-3-5-11(16)9-12/h3-9H,2,10H2,1H3,(H,18,19)/b17-13-. The molecule has 110 valence electrons. The molecule has 0 spiro atoms. The SMILES string of the molecule is CC/C(=N/NC(=O)COc1cccc(Br)c1)c1cccs1. The van der Waals surface area contributed by atoms with Crippen molar-refractivity contribution in [1.82, 2.24) is 5.43 Å². The molecule has 0 aliphatic rings. The van der Waals surface area contributed by atoms with Crippen LogP contribution in [-0.4, -0.2) is 18.2 Å². The highest BCUT2D eigenvalue weighted by Gasteiger charge is 2.05. The third kappa shape index (κ3) is 4.99. The van der Waals surface area contributed by atoms with E-state index in [1.807, 2.05) is 36.6 Å². The van der Waals surface area contributed by atoms with Crippen molar-refractivity contribution in [3.8, 4) is 5.75 Å². The highest BCUT2D eigenvalue weighted by atomic mass is 79.9. The van der Waals surface area contributed by atoms with Crippen LogP contribution in [0.25, 0.3) is 0 Å². The number of ether oxygens (including phenoxy) is 1. The minimum Gasteiger partial charge on any atom is -0.484 e. The van der Waals surface area contributed by atoms with Crippen molar-refractivity contribution in [3.05, 3.63) is 51.1 Å². The van der Waals surface area contributed by atoms with Gasteiger partial charge in [-0.05, 0) is 36.1 Å². The molecule has 1 N–H and O–H groups in total. The van der Waals surface area contributed by atoms with E-state index < -0.39 is 0 Å². The lowest BCUT2D eigenvalue weighted by atomic mass is 10.2. The second-order valence-electron chi connectivity index (χ2n) is 4.17. The first-order chi connectivity index (χ1) is 10.2. The Balaban J connectivity index is 1.87. The van der Waals surface area contributed by atoms with E-state index in [1.165, 1.54) is 0 Å². The second-order valence-corrected chi connectivity index (χ2v) is 6.03. The number of halogens is 1. The summed E-state index contributed by atoms with van der Waals surface area (Å²) in [6, 6.07) is 11.3. The highest BCUT2D eigenvalue weighted by molar-refractivity contribution is 9.10. The van der Waals surface area contributed by atoms with Crippen LogP contribution in [-0.2, 0) is 4.79 Å². The molecule has 0 radical (unpaired) electrons. The number of carbonyl (C=O) groups is 1. The van der Waals surface area contributed by atoms with Gasteiger partial charge in [-0.2, -0.15) is 5.10 Å². The Kier molecular flexibility index (Phi) is 5.95. The largest absolute Gasteiger partial charge is 0.484 e. The van der Waals surface area contributed by atoms with Crippen LogP contribution in [0.3, 0.4) is 0 Å². The zero-order chi connectivity index (χ0) is 15.1. The van der Waals surface area contributed by atoms with Crippen LogP contribution < -0.4 is 10.2 Å². The molecule has 6 heteroatoms. The molecule has 2 aromatic rings. The van der Waals surface area contributed by atoms with E-state index in [0.29, 0.717) is 5.75 Å². The van der Waals surface area contributed by atoms with Crippen molar-refractivity contribution < 1.29 is 9.53 Å². The average molecular weight is 367 g/mol. The number of thiophene rings is 1. The van der Waals surface area contributed by atoms with E-state index in [4.69, 9.17) is 4.74 Å². The van der Waals surface area contributed by atoms with Crippen LogP contribution in [0.15, 0.2) is 51.4 Å². The topological polar surface area (TPSA) is 50.7 Å². The molecule has 1 amide bonds. The first-order valence-electron chi connectivity index (χ1n) is 6.46. The number of hydrogen-bond acceptors (Lipinski definition) is 4. The minimum absolute atomic E-state index is 0.0681. The smallest absolute Gasteiger partial charge is 0.277 e. The first-order valence-corrected chi connectivity index (χ1v) is 8.14. The van der Waals surface area contributed by atoms with Crippen LogP contribution in [0.2, 0.25) is 0 Å². The fourth-order valence-corrected chi connectivity index (χ4v) is 2.78. The first kappa shape index (κ1) is 15.7. The Morgan fingerprint density at radius 3 is 2.90 bits per heavy atom. The molecule has 1 aromatic carbocycles. The number of nitrogens with one attached hydrogen (secondary N) is 1. The van der Waals surface area contributed by atoms with Crippen LogP contribution in [0, 0.1) is 0 Å². The lowest BCUT2D eigenvalue weighted by Gasteiger charge is -2.06. The fraction of sp³-hybridized carbons (Fsp3) is 0.200. The van der Waals surface area contributed by atoms with Gasteiger partial charge in [0.05, 0.1) is 10.6 Å². The van der Waals surface area contributed by atoms with Crippen molar-refractivity contribution >= 4 is 38.9 Å². The van der Waals surface area contributed by atoms with Crippen molar-refractivity contribution in [3.63, 3.8) is 0 Å². The van der Waals surface area contributed by atoms with Crippen molar-refractivity contribution in [1.29, 1.82) is 0 Å². The Morgan fingerprint density at radius 1 is 1.38 bits per heavy atom. The molecule has 0 fully saturated rings. The van der Waals surface area contributed by atoms with Crippen molar-refractivity contribution in [2.75, 3.05) is 6.61 Å². The van der Waals surface area contributed by atoms with Gasteiger partial charge in [0, 0.05) is 4.47 Å². The highest BCUT2D eigenvalue weighted by Crippen LogP contribution is 2.17. The van der Waals surface area contributed by atoms with Gasteiger partial charge in [-0.1, -0.05) is 35.0 Å². The Morgan fingerprint density at radius 2 is 2.24 bits per heavy atom. The summed E-state index contributed by atoms with van der Waals surface area (Å²) in [6.07, 6.45) is 0.757. The van der Waals surface area contributed by atoms with Gasteiger partial charge in [-0.25, -0.2) is 5.43 Å². The van der Waals surface area contributed by atoms with Gasteiger partial charge in [-0.3, -0.25) is 4.79 Å². The van der Waals surface area contributed by atoms with E-state index in [2.05, 4.69) is 26.5 Å². The maximum absolute atomic E-state index is 11.7. The van der Waals surface area contributed by atoms with E-state index in [0.717, 1.165) is 21.5 Å². The average Bonchev–Trinajstić information content (AvgIpc) is 3.00. The molecular formula is C15H15BrN2O2S. The number of benzene rings is 1. The summed E-state index contributed by atoms with van der Waals surface area (Å²) >= 11 is 4.95. The zero-order valence-corrected chi connectivity index (χ0v) is 13.9. The molecule has 0 aliphatic heterocycles. The van der Waals surface area contributed by atoms with E-state index in [9.17, 15) is 4.79 Å². The molecule has 21 heavy (non-hydrogen) atoms. The van der Waals surface area contributed by atoms with Crippen LogP contribution >= 0.6 is 27.3 Å². The molecular weight excluding hydrogens is 352 g/mol. The van der Waals surface area contributed by atoms with Crippen LogP contribution in [0.1, 0.15) is 18.2 Å². The third-order valence-electron chi connectivity index (χ3n) is 2.62. The zero-order valence-electron chi connectivity index (χ0n) is 11.5. The van der Waals surface area contributed by atoms with Crippen LogP contribution in [0.5, 0.6) is 5.75 Å². The van der Waals surface area contributed by atoms with E-state index in [1.54, 1.807) is 23.5 Å². The predicted molar refractivity (Wildman–Crippen MR) is 88.9 cm³/mol. The van der Waals surface area contributed by atoms with Crippen molar-refractivity contribution in [2.24, 2.45) is 5.10 Å². The summed E-state index contributed by atoms with van der Waals surface area (Å²) in [5, 5.41) is 6.14. The van der Waals surface area contributed by atoms with Crippen LogP contribution in [0.4, 0.5) is 0 Å². The van der Waals surface area contributed by atoms with E-state index >= 15 is 0 Å². The lowest BCUT2D eigenvalue weighted by Crippen LogP contribution is -2.25. The normalized spacial score (nSPS) is 11.2. The molecule has 4 nitrogen and oxygen atoms in total.